The average Bonchev–Trinajstić information content (AvgIpc) is 3.22. The SMILES string of the molecule is C=C1C2CC3(C1OC(C)=O)C1CC4C5(C)CCC6OC5N(CC)C1C64C3CC2O. The molecule has 4 saturated heterocycles. The molecule has 9 fully saturated rings. The zero-order chi connectivity index (χ0) is 20.1. The fourth-order valence-electron chi connectivity index (χ4n) is 10.8. The van der Waals surface area contributed by atoms with Crippen LogP contribution in [0.25, 0.3) is 0 Å². The van der Waals surface area contributed by atoms with Crippen LogP contribution in [0.4, 0.5) is 0 Å². The van der Waals surface area contributed by atoms with Gasteiger partial charge in [0.05, 0.1) is 12.2 Å². The minimum Gasteiger partial charge on any atom is -0.457 e. The second-order valence-electron chi connectivity index (χ2n) is 11.5. The lowest BCUT2D eigenvalue weighted by atomic mass is 9.41. The molecule has 0 aromatic rings. The Morgan fingerprint density at radius 2 is 2.17 bits per heavy atom. The van der Waals surface area contributed by atoms with Crippen molar-refractivity contribution < 1.29 is 19.4 Å². The molecule has 12 unspecified atom stereocenters. The van der Waals surface area contributed by atoms with Crippen molar-refractivity contribution in [2.45, 2.75) is 83.5 Å². The first kappa shape index (κ1) is 17.7. The molecule has 12 atom stereocenters. The van der Waals surface area contributed by atoms with Crippen molar-refractivity contribution in [2.24, 2.45) is 39.9 Å². The Bertz CT molecular complexity index is 843. The molecular weight excluding hydrogens is 366 g/mol. The van der Waals surface area contributed by atoms with E-state index in [1.165, 1.54) is 19.8 Å². The maximum atomic E-state index is 12.1. The number of aliphatic hydroxyl groups excluding tert-OH is 1. The number of nitrogens with zero attached hydrogens (tertiary/aromatic N) is 1. The van der Waals surface area contributed by atoms with Crippen LogP contribution in [0, 0.1) is 39.9 Å². The lowest BCUT2D eigenvalue weighted by molar-refractivity contribution is -0.372. The fraction of sp³-hybridized carbons (Fsp3) is 0.875. The van der Waals surface area contributed by atoms with Crippen LogP contribution in [0.1, 0.15) is 52.9 Å². The minimum absolute atomic E-state index is 0.0552. The first-order valence-corrected chi connectivity index (χ1v) is 11.8. The van der Waals surface area contributed by atoms with Crippen molar-refractivity contribution in [1.82, 2.24) is 4.90 Å². The quantitative estimate of drug-likeness (QED) is 0.572. The number of carbonyl (C=O) groups excluding carboxylic acids is 1. The predicted molar refractivity (Wildman–Crippen MR) is 106 cm³/mol. The van der Waals surface area contributed by atoms with Crippen molar-refractivity contribution in [3.05, 3.63) is 12.2 Å². The molecule has 4 heterocycles. The van der Waals surface area contributed by atoms with Gasteiger partial charge in [-0.05, 0) is 62.0 Å². The smallest absolute Gasteiger partial charge is 0.303 e. The number of rotatable bonds is 2. The Kier molecular flexibility index (Phi) is 3.02. The number of piperidine rings is 1. The van der Waals surface area contributed by atoms with Crippen LogP contribution >= 0.6 is 0 Å². The Labute approximate surface area is 172 Å². The summed E-state index contributed by atoms with van der Waals surface area (Å²) in [7, 11) is 0. The summed E-state index contributed by atoms with van der Waals surface area (Å²) in [6, 6.07) is 0.509. The third-order valence-electron chi connectivity index (χ3n) is 11.2. The third-order valence-corrected chi connectivity index (χ3v) is 11.2. The van der Waals surface area contributed by atoms with Gasteiger partial charge in [0, 0.05) is 35.1 Å². The number of fused-ring (bicyclic) bond motifs is 2. The van der Waals surface area contributed by atoms with Crippen LogP contribution in [0.5, 0.6) is 0 Å². The molecule has 9 bridgehead atoms. The summed E-state index contributed by atoms with van der Waals surface area (Å²) < 4.78 is 12.9. The average molecular weight is 400 g/mol. The van der Waals surface area contributed by atoms with Gasteiger partial charge >= 0.3 is 5.97 Å². The van der Waals surface area contributed by atoms with Crippen LogP contribution in [-0.2, 0) is 14.3 Å². The first-order chi connectivity index (χ1) is 13.8. The van der Waals surface area contributed by atoms with Gasteiger partial charge in [0.15, 0.2) is 0 Å². The summed E-state index contributed by atoms with van der Waals surface area (Å²) in [5, 5.41) is 11.2. The molecular formula is C24H33NO4. The summed E-state index contributed by atoms with van der Waals surface area (Å²) in [5.41, 5.74) is 1.24. The topological polar surface area (TPSA) is 59.0 Å². The third kappa shape index (κ3) is 1.52. The molecule has 0 aromatic carbocycles. The van der Waals surface area contributed by atoms with Gasteiger partial charge in [0.1, 0.15) is 12.3 Å². The van der Waals surface area contributed by atoms with Crippen molar-refractivity contribution >= 4 is 5.97 Å². The second-order valence-corrected chi connectivity index (χ2v) is 11.5. The highest BCUT2D eigenvalue weighted by Gasteiger charge is 2.89. The highest BCUT2D eigenvalue weighted by Crippen LogP contribution is 2.86. The zero-order valence-corrected chi connectivity index (χ0v) is 17.8. The Hall–Kier alpha value is -0.910. The van der Waals surface area contributed by atoms with Gasteiger partial charge in [0.25, 0.3) is 0 Å². The fourth-order valence-corrected chi connectivity index (χ4v) is 10.8. The highest BCUT2D eigenvalue weighted by atomic mass is 16.5. The molecule has 29 heavy (non-hydrogen) atoms. The number of aliphatic hydroxyl groups is 1. The number of hydrogen-bond acceptors (Lipinski definition) is 5. The predicted octanol–water partition coefficient (Wildman–Crippen LogP) is 2.73. The Morgan fingerprint density at radius 1 is 1.38 bits per heavy atom. The monoisotopic (exact) mass is 399 g/mol. The Morgan fingerprint density at radius 3 is 2.90 bits per heavy atom. The molecule has 5 heteroatoms. The normalized spacial score (nSPS) is 63.3. The van der Waals surface area contributed by atoms with Crippen molar-refractivity contribution in [1.29, 1.82) is 0 Å². The lowest BCUT2D eigenvalue weighted by Crippen LogP contribution is -2.78. The van der Waals surface area contributed by atoms with Gasteiger partial charge in [-0.3, -0.25) is 9.69 Å². The Balaban J connectivity index is 1.47. The number of ether oxygens (including phenoxy) is 2. The van der Waals surface area contributed by atoms with Gasteiger partial charge in [-0.1, -0.05) is 20.4 Å². The van der Waals surface area contributed by atoms with E-state index in [9.17, 15) is 9.90 Å². The van der Waals surface area contributed by atoms with E-state index in [1.807, 2.05) is 0 Å². The standard InChI is InChI=1S/C24H33NO4/c1-5-25-19-14-8-16-22(4)7-6-18(29-21(22)25)24(16,19)17-9-15(27)13-10-23(14,17)20(11(13)2)28-12(3)26/h13-21,27H,2,5-10H2,1,3-4H3. The summed E-state index contributed by atoms with van der Waals surface area (Å²) in [4.78, 5) is 14.8. The molecule has 0 amide bonds. The van der Waals surface area contributed by atoms with E-state index in [0.717, 1.165) is 31.4 Å². The van der Waals surface area contributed by atoms with E-state index in [2.05, 4.69) is 25.3 Å². The van der Waals surface area contributed by atoms with Crippen molar-refractivity contribution in [3.63, 3.8) is 0 Å². The van der Waals surface area contributed by atoms with Crippen molar-refractivity contribution in [3.8, 4) is 0 Å². The molecule has 1 N–H and O–H groups in total. The molecule has 4 aliphatic heterocycles. The molecule has 0 radical (unpaired) electrons. The van der Waals surface area contributed by atoms with E-state index in [-0.39, 0.29) is 46.6 Å². The van der Waals surface area contributed by atoms with Crippen molar-refractivity contribution in [2.75, 3.05) is 6.54 Å². The van der Waals surface area contributed by atoms with E-state index < -0.39 is 0 Å². The van der Waals surface area contributed by atoms with Crippen LogP contribution < -0.4 is 0 Å². The van der Waals surface area contributed by atoms with Crippen LogP contribution in [0.15, 0.2) is 12.2 Å². The zero-order valence-electron chi connectivity index (χ0n) is 17.8. The molecule has 5 saturated carbocycles. The van der Waals surface area contributed by atoms with Gasteiger partial charge in [0.2, 0.25) is 0 Å². The molecule has 5 nitrogen and oxygen atoms in total. The van der Waals surface area contributed by atoms with Crippen LogP contribution in [-0.4, -0.2) is 53.1 Å². The van der Waals surface area contributed by atoms with Crippen LogP contribution in [0.3, 0.4) is 0 Å². The van der Waals surface area contributed by atoms with E-state index >= 15 is 0 Å². The molecule has 9 aliphatic rings. The second kappa shape index (κ2) is 4.94. The molecule has 158 valence electrons. The molecule has 5 aliphatic carbocycles. The van der Waals surface area contributed by atoms with Gasteiger partial charge in [-0.25, -0.2) is 0 Å². The number of carbonyl (C=O) groups is 1. The molecule has 0 aromatic heterocycles. The number of hydrogen-bond donors (Lipinski definition) is 1. The largest absolute Gasteiger partial charge is 0.457 e. The minimum atomic E-state index is -0.366. The highest BCUT2D eigenvalue weighted by molar-refractivity contribution is 5.67. The number of esters is 1. The summed E-state index contributed by atoms with van der Waals surface area (Å²) >= 11 is 0. The van der Waals surface area contributed by atoms with Gasteiger partial charge in [-0.15, -0.1) is 0 Å². The lowest BCUT2D eigenvalue weighted by Gasteiger charge is -2.73. The first-order valence-electron chi connectivity index (χ1n) is 11.8. The molecule has 9 rings (SSSR count). The van der Waals surface area contributed by atoms with Gasteiger partial charge in [-0.2, -0.15) is 0 Å². The maximum absolute atomic E-state index is 12.1. The van der Waals surface area contributed by atoms with E-state index in [0.29, 0.717) is 29.9 Å². The summed E-state index contributed by atoms with van der Waals surface area (Å²) in [5.74, 6) is 1.42. The van der Waals surface area contributed by atoms with E-state index in [4.69, 9.17) is 9.47 Å². The molecule has 2 spiro atoms. The summed E-state index contributed by atoms with van der Waals surface area (Å²) in [6.07, 6.45) is 5.35. The van der Waals surface area contributed by atoms with Crippen LogP contribution in [0.2, 0.25) is 0 Å². The summed E-state index contributed by atoms with van der Waals surface area (Å²) in [6.45, 7) is 11.7. The van der Waals surface area contributed by atoms with E-state index in [1.54, 1.807) is 0 Å². The van der Waals surface area contributed by atoms with Gasteiger partial charge < -0.3 is 14.6 Å². The maximum Gasteiger partial charge on any atom is 0.303 e.